The Morgan fingerprint density at radius 1 is 0.750 bits per heavy atom. The minimum Gasteiger partial charge on any atom is -0.457 e. The molecule has 240 valence electrons. The van der Waals surface area contributed by atoms with Crippen LogP contribution in [0, 0.1) is 0 Å². The van der Waals surface area contributed by atoms with Crippen molar-refractivity contribution in [3.05, 3.63) is 132 Å². The highest BCUT2D eigenvalue weighted by Crippen LogP contribution is 2.40. The van der Waals surface area contributed by atoms with E-state index in [4.69, 9.17) is 4.74 Å². The minimum absolute atomic E-state index is 0.403. The van der Waals surface area contributed by atoms with Crippen LogP contribution in [-0.4, -0.2) is 14.5 Å². The summed E-state index contributed by atoms with van der Waals surface area (Å²) in [4.78, 5) is 8.26. The second kappa shape index (κ2) is 12.5. The third kappa shape index (κ3) is 5.37. The van der Waals surface area contributed by atoms with Crippen LogP contribution in [0.1, 0.15) is 87.8 Å². The van der Waals surface area contributed by atoms with Crippen LogP contribution >= 0.6 is 0 Å². The Kier molecular flexibility index (Phi) is 7.84. The van der Waals surface area contributed by atoms with Gasteiger partial charge in [-0.1, -0.05) is 83.0 Å². The lowest BCUT2D eigenvalue weighted by Crippen LogP contribution is -2.34. The predicted molar refractivity (Wildman–Crippen MR) is 196 cm³/mol. The summed E-state index contributed by atoms with van der Waals surface area (Å²) in [6.45, 7) is 9.30. The van der Waals surface area contributed by atoms with Gasteiger partial charge in [0.15, 0.2) is 0 Å². The van der Waals surface area contributed by atoms with Crippen LogP contribution < -0.4 is 9.30 Å². The summed E-state index contributed by atoms with van der Waals surface area (Å²) in [5.41, 5.74) is 8.92. The molecule has 1 fully saturated rings. The van der Waals surface area contributed by atoms with E-state index < -0.39 is 0 Å². The molecule has 0 saturated heterocycles. The number of aromatic amines is 1. The van der Waals surface area contributed by atoms with E-state index in [0.29, 0.717) is 17.8 Å². The van der Waals surface area contributed by atoms with Crippen molar-refractivity contribution < 1.29 is 9.30 Å². The van der Waals surface area contributed by atoms with Crippen molar-refractivity contribution in [1.29, 1.82) is 0 Å². The highest BCUT2D eigenvalue weighted by atomic mass is 16.5. The van der Waals surface area contributed by atoms with Gasteiger partial charge in [0.2, 0.25) is 0 Å². The molecule has 0 aliphatic heterocycles. The molecular formula is C43H43N4O+. The van der Waals surface area contributed by atoms with E-state index in [0.717, 1.165) is 39.7 Å². The fraction of sp³-hybridized carbons (Fsp3) is 0.256. The molecule has 5 heteroatoms. The zero-order chi connectivity index (χ0) is 32.8. The lowest BCUT2D eigenvalue weighted by atomic mass is 9.86. The highest BCUT2D eigenvalue weighted by molar-refractivity contribution is 6.09. The SMILES string of the molecule is CC(C)c1cc(C2CCCC2)cc(C(C)C)c1-[n+]1cc[nH]c1-c1cccc(Oc2ccc3c4ccccc4n(-c4ccccn4)c3c2)c1. The fourth-order valence-corrected chi connectivity index (χ4v) is 7.69. The van der Waals surface area contributed by atoms with Crippen LogP contribution in [0.2, 0.25) is 0 Å². The molecule has 8 rings (SSSR count). The van der Waals surface area contributed by atoms with Gasteiger partial charge in [0.1, 0.15) is 35.4 Å². The van der Waals surface area contributed by atoms with E-state index in [9.17, 15) is 0 Å². The number of pyridine rings is 1. The molecule has 0 radical (unpaired) electrons. The molecule has 0 atom stereocenters. The van der Waals surface area contributed by atoms with Gasteiger partial charge in [-0.3, -0.25) is 4.57 Å². The molecule has 3 heterocycles. The van der Waals surface area contributed by atoms with E-state index in [1.54, 1.807) is 0 Å². The summed E-state index contributed by atoms with van der Waals surface area (Å²) < 4.78 is 11.2. The highest BCUT2D eigenvalue weighted by Gasteiger charge is 2.28. The number of imidazole rings is 1. The van der Waals surface area contributed by atoms with Gasteiger partial charge in [-0.25, -0.2) is 9.97 Å². The number of benzene rings is 4. The number of H-pyrrole nitrogens is 1. The van der Waals surface area contributed by atoms with Gasteiger partial charge in [0.05, 0.1) is 16.6 Å². The van der Waals surface area contributed by atoms with E-state index in [-0.39, 0.29) is 0 Å². The van der Waals surface area contributed by atoms with Crippen LogP contribution in [0.25, 0.3) is 44.7 Å². The summed E-state index contributed by atoms with van der Waals surface area (Å²) >= 11 is 0. The number of aromatic nitrogens is 4. The lowest BCUT2D eigenvalue weighted by molar-refractivity contribution is -0.583. The lowest BCUT2D eigenvalue weighted by Gasteiger charge is -2.22. The number of nitrogens with zero attached hydrogens (tertiary/aromatic N) is 3. The first kappa shape index (κ1) is 30.2. The predicted octanol–water partition coefficient (Wildman–Crippen LogP) is 11.1. The Balaban J connectivity index is 1.18. The number of rotatable bonds is 8. The second-order valence-corrected chi connectivity index (χ2v) is 13.9. The average molecular weight is 632 g/mol. The molecule has 1 aliphatic rings. The summed E-state index contributed by atoms with van der Waals surface area (Å²) in [6.07, 6.45) is 11.4. The number of hydrogen-bond acceptors (Lipinski definition) is 2. The van der Waals surface area contributed by atoms with Crippen molar-refractivity contribution >= 4 is 21.8 Å². The Labute approximate surface area is 282 Å². The van der Waals surface area contributed by atoms with Crippen molar-refractivity contribution in [2.45, 2.75) is 71.1 Å². The van der Waals surface area contributed by atoms with Crippen LogP contribution in [0.5, 0.6) is 11.5 Å². The molecule has 1 N–H and O–H groups in total. The second-order valence-electron chi connectivity index (χ2n) is 13.9. The first-order chi connectivity index (χ1) is 23.5. The Morgan fingerprint density at radius 2 is 1.48 bits per heavy atom. The number of para-hydroxylation sites is 1. The third-order valence-corrected chi connectivity index (χ3v) is 10.1. The zero-order valence-electron chi connectivity index (χ0n) is 28.3. The van der Waals surface area contributed by atoms with Crippen molar-refractivity contribution in [1.82, 2.24) is 14.5 Å². The van der Waals surface area contributed by atoms with E-state index in [1.807, 2.05) is 36.7 Å². The van der Waals surface area contributed by atoms with Gasteiger partial charge in [-0.05, 0) is 84.7 Å². The molecule has 1 saturated carbocycles. The molecule has 0 unspecified atom stereocenters. The molecule has 1 aliphatic carbocycles. The maximum atomic E-state index is 6.60. The number of ether oxygens (including phenoxy) is 1. The van der Waals surface area contributed by atoms with Gasteiger partial charge in [-0.2, -0.15) is 4.57 Å². The van der Waals surface area contributed by atoms with Crippen LogP contribution in [0.4, 0.5) is 0 Å². The van der Waals surface area contributed by atoms with Crippen molar-refractivity contribution in [2.24, 2.45) is 0 Å². The first-order valence-corrected chi connectivity index (χ1v) is 17.5. The minimum atomic E-state index is 0.403. The molecule has 7 aromatic rings. The maximum absolute atomic E-state index is 6.60. The standard InChI is InChI=1S/C43H42N4O/c1-28(2)37-25-32(30-12-5-6-13-30)26-38(29(3)4)42(37)46-23-22-45-43(46)31-14-11-15-33(24-31)48-34-19-20-36-35-16-7-8-17-39(35)47(40(36)27-34)41-18-9-10-21-44-41/h7-11,14-30H,5-6,12-13H2,1-4H3/p+1. The molecule has 48 heavy (non-hydrogen) atoms. The molecule has 4 aromatic carbocycles. The fourth-order valence-electron chi connectivity index (χ4n) is 7.69. The van der Waals surface area contributed by atoms with Gasteiger partial charge in [0, 0.05) is 34.2 Å². The van der Waals surface area contributed by atoms with Crippen molar-refractivity contribution in [3.63, 3.8) is 0 Å². The summed E-state index contributed by atoms with van der Waals surface area (Å²) in [7, 11) is 0. The molecule has 3 aromatic heterocycles. The van der Waals surface area contributed by atoms with Crippen LogP contribution in [-0.2, 0) is 0 Å². The zero-order valence-corrected chi connectivity index (χ0v) is 28.3. The monoisotopic (exact) mass is 631 g/mol. The maximum Gasteiger partial charge on any atom is 0.291 e. The van der Waals surface area contributed by atoms with Crippen molar-refractivity contribution in [2.75, 3.05) is 0 Å². The quantitative estimate of drug-likeness (QED) is 0.170. The van der Waals surface area contributed by atoms with Gasteiger partial charge in [0.25, 0.3) is 5.82 Å². The smallest absolute Gasteiger partial charge is 0.291 e. The Bertz CT molecular complexity index is 2210. The van der Waals surface area contributed by atoms with E-state index >= 15 is 0 Å². The normalized spacial score (nSPS) is 13.8. The summed E-state index contributed by atoms with van der Waals surface area (Å²) in [5.74, 6) is 4.99. The van der Waals surface area contributed by atoms with Crippen LogP contribution in [0.15, 0.2) is 116 Å². The van der Waals surface area contributed by atoms with Crippen molar-refractivity contribution in [3.8, 4) is 34.4 Å². The molecule has 5 nitrogen and oxygen atoms in total. The summed E-state index contributed by atoms with van der Waals surface area (Å²) in [5, 5.41) is 2.37. The third-order valence-electron chi connectivity index (χ3n) is 10.1. The van der Waals surface area contributed by atoms with Gasteiger partial charge < -0.3 is 4.74 Å². The molecule has 0 spiro atoms. The van der Waals surface area contributed by atoms with E-state index in [1.165, 1.54) is 58.8 Å². The number of hydrogen-bond donors (Lipinski definition) is 1. The van der Waals surface area contributed by atoms with E-state index in [2.05, 4.69) is 126 Å². The van der Waals surface area contributed by atoms with Gasteiger partial charge in [-0.15, -0.1) is 0 Å². The Morgan fingerprint density at radius 3 is 2.23 bits per heavy atom. The topological polar surface area (TPSA) is 46.7 Å². The van der Waals surface area contributed by atoms with Crippen LogP contribution in [0.3, 0.4) is 0 Å². The number of nitrogens with one attached hydrogen (secondary N) is 1. The molecular weight excluding hydrogens is 589 g/mol. The molecule has 0 amide bonds. The summed E-state index contributed by atoms with van der Waals surface area (Å²) in [6, 6.07) is 34.3. The largest absolute Gasteiger partial charge is 0.457 e. The van der Waals surface area contributed by atoms with Gasteiger partial charge >= 0.3 is 0 Å². The Hall–Kier alpha value is -5.16. The molecule has 0 bridgehead atoms. The first-order valence-electron chi connectivity index (χ1n) is 17.5. The number of fused-ring (bicyclic) bond motifs is 3. The average Bonchev–Trinajstić information content (AvgIpc) is 3.88.